The molecule has 4 aromatic rings. The molecule has 0 radical (unpaired) electrons. The molecule has 33 heavy (non-hydrogen) atoms. The van der Waals surface area contributed by atoms with E-state index in [0.717, 1.165) is 53.2 Å². The van der Waals surface area contributed by atoms with Crippen LogP contribution in [0.2, 0.25) is 0 Å². The summed E-state index contributed by atoms with van der Waals surface area (Å²) in [4.78, 5) is 32.5. The smallest absolute Gasteiger partial charge is 0.269 e. The summed E-state index contributed by atoms with van der Waals surface area (Å²) in [5, 5.41) is 17.6. The van der Waals surface area contributed by atoms with E-state index in [1.165, 1.54) is 6.07 Å². The van der Waals surface area contributed by atoms with Gasteiger partial charge in [-0.3, -0.25) is 9.59 Å². The minimum absolute atomic E-state index is 0.0146. The Morgan fingerprint density at radius 3 is 2.30 bits per heavy atom. The average molecular weight is 445 g/mol. The lowest BCUT2D eigenvalue weighted by atomic mass is 10.1. The van der Waals surface area contributed by atoms with Crippen LogP contribution in [0.25, 0.3) is 21.8 Å². The van der Waals surface area contributed by atoms with Crippen molar-refractivity contribution in [2.45, 2.75) is 32.6 Å². The lowest BCUT2D eigenvalue weighted by Gasteiger charge is -2.08. The number of carbonyl (C=O) groups is 2. The summed E-state index contributed by atoms with van der Waals surface area (Å²) >= 11 is 0. The first-order chi connectivity index (χ1) is 16.0. The molecule has 0 unspecified atom stereocenters. The van der Waals surface area contributed by atoms with Crippen LogP contribution in [0.5, 0.6) is 5.75 Å². The van der Waals surface area contributed by atoms with Gasteiger partial charge < -0.3 is 20.7 Å². The van der Waals surface area contributed by atoms with Gasteiger partial charge in [-0.15, -0.1) is 0 Å². The van der Waals surface area contributed by atoms with Crippen molar-refractivity contribution < 1.29 is 14.7 Å². The van der Waals surface area contributed by atoms with Gasteiger partial charge in [0.15, 0.2) is 0 Å². The second-order valence-electron chi connectivity index (χ2n) is 8.13. The number of carbonyl (C=O) groups excluding carboxylic acids is 2. The summed E-state index contributed by atoms with van der Waals surface area (Å²) in [5.74, 6) is -0.449. The van der Waals surface area contributed by atoms with Crippen molar-refractivity contribution >= 4 is 33.6 Å². The normalized spacial score (nSPS) is 11.1. The predicted octanol–water partition coefficient (Wildman–Crippen LogP) is 4.45. The first kappa shape index (κ1) is 22.3. The van der Waals surface area contributed by atoms with Crippen LogP contribution in [0.4, 0.5) is 0 Å². The van der Waals surface area contributed by atoms with Crippen LogP contribution in [0, 0.1) is 6.92 Å². The Bertz CT molecular complexity index is 1300. The van der Waals surface area contributed by atoms with Crippen molar-refractivity contribution in [3.63, 3.8) is 0 Å². The van der Waals surface area contributed by atoms with Crippen LogP contribution in [-0.4, -0.2) is 40.0 Å². The first-order valence-corrected chi connectivity index (χ1v) is 11.3. The molecule has 0 aliphatic heterocycles. The van der Waals surface area contributed by atoms with E-state index in [9.17, 15) is 14.7 Å². The second-order valence-corrected chi connectivity index (χ2v) is 8.13. The maximum Gasteiger partial charge on any atom is 0.269 e. The zero-order valence-corrected chi connectivity index (χ0v) is 18.6. The van der Waals surface area contributed by atoms with Gasteiger partial charge in [0.05, 0.1) is 16.8 Å². The summed E-state index contributed by atoms with van der Waals surface area (Å²) in [5.41, 5.74) is 3.51. The fourth-order valence-electron chi connectivity index (χ4n) is 3.98. The number of amides is 2. The largest absolute Gasteiger partial charge is 0.507 e. The topological polar surface area (TPSA) is 107 Å². The maximum absolute atomic E-state index is 12.6. The molecule has 0 aliphatic rings. The summed E-state index contributed by atoms with van der Waals surface area (Å²) in [6.07, 6.45) is 3.58. The summed E-state index contributed by atoms with van der Waals surface area (Å²) in [6, 6.07) is 16.4. The zero-order chi connectivity index (χ0) is 23.2. The van der Waals surface area contributed by atoms with Crippen LogP contribution in [-0.2, 0) is 0 Å². The number of fused-ring (bicyclic) bond motifs is 3. The van der Waals surface area contributed by atoms with E-state index < -0.39 is 0 Å². The number of nitrogens with one attached hydrogen (secondary N) is 3. The minimum atomic E-state index is -0.268. The van der Waals surface area contributed by atoms with Crippen molar-refractivity contribution in [3.05, 3.63) is 71.5 Å². The van der Waals surface area contributed by atoms with Crippen LogP contribution in [0.1, 0.15) is 52.2 Å². The summed E-state index contributed by atoms with van der Waals surface area (Å²) in [7, 11) is 0. The Kier molecular flexibility index (Phi) is 6.88. The average Bonchev–Trinajstić information content (AvgIpc) is 3.20. The molecule has 0 aliphatic carbocycles. The number of phenolic OH excluding ortho intramolecular Hbond substituents is 1. The van der Waals surface area contributed by atoms with E-state index in [-0.39, 0.29) is 23.1 Å². The van der Waals surface area contributed by atoms with Gasteiger partial charge in [0.2, 0.25) is 0 Å². The number of unbranched alkanes of at least 4 members (excludes halogenated alkanes) is 3. The number of aromatic amines is 1. The summed E-state index contributed by atoms with van der Waals surface area (Å²) < 4.78 is 0. The van der Waals surface area contributed by atoms with Gasteiger partial charge in [-0.1, -0.05) is 43.2 Å². The molecule has 2 heterocycles. The number of pyridine rings is 1. The van der Waals surface area contributed by atoms with Crippen LogP contribution in [0.3, 0.4) is 0 Å². The highest BCUT2D eigenvalue weighted by molar-refractivity contribution is 6.10. The van der Waals surface area contributed by atoms with E-state index >= 15 is 0 Å². The molecule has 2 aromatic carbocycles. The molecular formula is C26H28N4O3. The van der Waals surface area contributed by atoms with Crippen LogP contribution < -0.4 is 10.6 Å². The Balaban J connectivity index is 1.19. The second kappa shape index (κ2) is 10.2. The molecule has 0 fully saturated rings. The molecule has 4 N–H and O–H groups in total. The third-order valence-electron chi connectivity index (χ3n) is 5.73. The Hall–Kier alpha value is -3.87. The maximum atomic E-state index is 12.6. The quantitative estimate of drug-likeness (QED) is 0.286. The molecule has 4 rings (SSSR count). The van der Waals surface area contributed by atoms with Gasteiger partial charge in [-0.2, -0.15) is 0 Å². The number of hydrogen-bond acceptors (Lipinski definition) is 4. The Morgan fingerprint density at radius 2 is 1.55 bits per heavy atom. The monoisotopic (exact) mass is 444 g/mol. The fourth-order valence-corrected chi connectivity index (χ4v) is 3.98. The third-order valence-corrected chi connectivity index (χ3v) is 5.73. The number of phenols is 1. The van der Waals surface area contributed by atoms with Crippen molar-refractivity contribution in [1.82, 2.24) is 20.6 Å². The molecule has 7 nitrogen and oxygen atoms in total. The molecule has 0 atom stereocenters. The minimum Gasteiger partial charge on any atom is -0.507 e. The van der Waals surface area contributed by atoms with Gasteiger partial charge in [0.25, 0.3) is 11.8 Å². The highest BCUT2D eigenvalue weighted by atomic mass is 16.3. The highest BCUT2D eigenvalue weighted by Crippen LogP contribution is 2.27. The van der Waals surface area contributed by atoms with Gasteiger partial charge in [0, 0.05) is 29.4 Å². The van der Waals surface area contributed by atoms with Crippen molar-refractivity contribution in [1.29, 1.82) is 0 Å². The fraction of sp³-hybridized carbons (Fsp3) is 0.269. The number of aromatic nitrogens is 2. The van der Waals surface area contributed by atoms with E-state index in [1.807, 2.05) is 37.3 Å². The van der Waals surface area contributed by atoms with Crippen molar-refractivity contribution in [2.24, 2.45) is 0 Å². The SMILES string of the molecule is Cc1nc(C(=O)NCCCCCCNC(=O)c2ccccc2O)cc2c1[nH]c1ccccc12. The van der Waals surface area contributed by atoms with Gasteiger partial charge in [-0.05, 0) is 44.0 Å². The standard InChI is InChI=1S/C26H28N4O3/c1-17-24-20(18-10-4-6-12-21(18)30-24)16-22(29-17)26(33)28-15-9-3-2-8-14-27-25(32)19-11-5-7-13-23(19)31/h4-7,10-13,16,30-31H,2-3,8-9,14-15H2,1H3,(H,27,32)(H,28,33). The number of rotatable bonds is 9. The number of aryl methyl sites for hydroxylation is 1. The van der Waals surface area contributed by atoms with E-state index in [2.05, 4.69) is 20.6 Å². The van der Waals surface area contributed by atoms with Gasteiger partial charge in [-0.25, -0.2) is 4.98 Å². The molecule has 7 heteroatoms. The third kappa shape index (κ3) is 5.14. The molecule has 170 valence electrons. The molecule has 0 spiro atoms. The number of benzene rings is 2. The molecule has 2 amide bonds. The van der Waals surface area contributed by atoms with Gasteiger partial charge in [0.1, 0.15) is 11.4 Å². The first-order valence-electron chi connectivity index (χ1n) is 11.3. The Morgan fingerprint density at radius 1 is 0.879 bits per heavy atom. The highest BCUT2D eigenvalue weighted by Gasteiger charge is 2.13. The lowest BCUT2D eigenvalue weighted by Crippen LogP contribution is -2.26. The number of hydrogen-bond donors (Lipinski definition) is 4. The van der Waals surface area contributed by atoms with E-state index in [4.69, 9.17) is 0 Å². The van der Waals surface area contributed by atoms with Crippen molar-refractivity contribution in [3.8, 4) is 5.75 Å². The number of H-pyrrole nitrogens is 1. The molecule has 2 aromatic heterocycles. The van der Waals surface area contributed by atoms with Crippen LogP contribution >= 0.6 is 0 Å². The lowest BCUT2D eigenvalue weighted by molar-refractivity contribution is 0.0939. The molecule has 0 saturated heterocycles. The Labute approximate surface area is 192 Å². The van der Waals surface area contributed by atoms with E-state index in [1.54, 1.807) is 18.2 Å². The van der Waals surface area contributed by atoms with E-state index in [0.29, 0.717) is 18.8 Å². The molecule has 0 saturated carbocycles. The molecule has 0 bridgehead atoms. The number of nitrogens with zero attached hydrogens (tertiary/aromatic N) is 1. The summed E-state index contributed by atoms with van der Waals surface area (Å²) in [6.45, 7) is 3.04. The number of para-hydroxylation sites is 2. The zero-order valence-electron chi connectivity index (χ0n) is 18.6. The molecular weight excluding hydrogens is 416 g/mol. The number of aromatic hydroxyl groups is 1. The van der Waals surface area contributed by atoms with Crippen molar-refractivity contribution in [2.75, 3.05) is 13.1 Å². The van der Waals surface area contributed by atoms with Crippen LogP contribution in [0.15, 0.2) is 54.6 Å². The van der Waals surface area contributed by atoms with Gasteiger partial charge >= 0.3 is 0 Å². The predicted molar refractivity (Wildman–Crippen MR) is 130 cm³/mol.